The molecule has 0 unspecified atom stereocenters. The van der Waals surface area contributed by atoms with E-state index in [9.17, 15) is 9.59 Å². The molecule has 1 amide bonds. The zero-order chi connectivity index (χ0) is 13.0. The average Bonchev–Trinajstić information content (AvgIpc) is 2.42. The van der Waals surface area contributed by atoms with Crippen LogP contribution in [-0.2, 0) is 16.1 Å². The van der Waals surface area contributed by atoms with Crippen LogP contribution in [0.1, 0.15) is 0 Å². The van der Waals surface area contributed by atoms with Crippen molar-refractivity contribution < 1.29 is 9.53 Å². The Morgan fingerprint density at radius 3 is 2.83 bits per heavy atom. The summed E-state index contributed by atoms with van der Waals surface area (Å²) in [6.07, 6.45) is 1.52. The number of aromatic nitrogens is 2. The van der Waals surface area contributed by atoms with Crippen LogP contribution < -0.4 is 10.9 Å². The van der Waals surface area contributed by atoms with Crippen molar-refractivity contribution in [3.05, 3.63) is 22.6 Å². The summed E-state index contributed by atoms with van der Waals surface area (Å²) in [6, 6.07) is 1.42. The maximum Gasteiger partial charge on any atom is 0.269 e. The van der Waals surface area contributed by atoms with Crippen LogP contribution in [-0.4, -0.2) is 53.9 Å². The smallest absolute Gasteiger partial charge is 0.269 e. The van der Waals surface area contributed by atoms with Gasteiger partial charge in [-0.1, -0.05) is 0 Å². The summed E-state index contributed by atoms with van der Waals surface area (Å²) in [5.74, 6) is -0.106. The van der Waals surface area contributed by atoms with Gasteiger partial charge < -0.3 is 15.0 Å². The molecule has 1 aliphatic rings. The maximum absolute atomic E-state index is 11.9. The van der Waals surface area contributed by atoms with Gasteiger partial charge in [0.25, 0.3) is 5.56 Å². The van der Waals surface area contributed by atoms with Crippen LogP contribution in [0.2, 0.25) is 0 Å². The van der Waals surface area contributed by atoms with Crippen LogP contribution >= 0.6 is 0 Å². The second-order valence-electron chi connectivity index (χ2n) is 3.98. The fraction of sp³-hybridized carbons (Fsp3) is 0.545. The molecule has 18 heavy (non-hydrogen) atoms. The predicted molar refractivity (Wildman–Crippen MR) is 65.4 cm³/mol. The number of carbonyl (C=O) groups excluding carboxylic acids is 1. The lowest BCUT2D eigenvalue weighted by Gasteiger charge is -2.26. The largest absolute Gasteiger partial charge is 0.387 e. The standard InChI is InChI=1S/C11H16N4O3/c1-12-9-6-10(16)15(13-7-9)8-11(17)14-2-4-18-5-3-14/h6-7,12H,2-5,8H2,1H3. The Morgan fingerprint density at radius 2 is 2.22 bits per heavy atom. The average molecular weight is 252 g/mol. The second-order valence-corrected chi connectivity index (χ2v) is 3.98. The highest BCUT2D eigenvalue weighted by atomic mass is 16.5. The molecule has 0 aromatic carbocycles. The van der Waals surface area contributed by atoms with Crippen LogP contribution in [0.3, 0.4) is 0 Å². The molecular weight excluding hydrogens is 236 g/mol. The number of rotatable bonds is 3. The summed E-state index contributed by atoms with van der Waals surface area (Å²) < 4.78 is 6.33. The normalized spacial score (nSPS) is 15.5. The van der Waals surface area contributed by atoms with Crippen molar-refractivity contribution in [2.24, 2.45) is 0 Å². The number of carbonyl (C=O) groups is 1. The van der Waals surface area contributed by atoms with Gasteiger partial charge in [0.2, 0.25) is 5.91 Å². The lowest BCUT2D eigenvalue weighted by molar-refractivity contribution is -0.136. The Balaban J connectivity index is 2.04. The molecule has 7 heteroatoms. The summed E-state index contributed by atoms with van der Waals surface area (Å²) in [4.78, 5) is 25.3. The molecule has 0 bridgehead atoms. The van der Waals surface area contributed by atoms with Crippen LogP contribution in [0.15, 0.2) is 17.1 Å². The van der Waals surface area contributed by atoms with E-state index in [1.54, 1.807) is 11.9 Å². The van der Waals surface area contributed by atoms with Gasteiger partial charge >= 0.3 is 0 Å². The number of nitrogens with one attached hydrogen (secondary N) is 1. The summed E-state index contributed by atoms with van der Waals surface area (Å²) >= 11 is 0. The van der Waals surface area contributed by atoms with Crippen molar-refractivity contribution in [3.63, 3.8) is 0 Å². The molecule has 0 radical (unpaired) electrons. The molecule has 2 rings (SSSR count). The summed E-state index contributed by atoms with van der Waals surface area (Å²) in [6.45, 7) is 2.21. The molecule has 1 N–H and O–H groups in total. The van der Waals surface area contributed by atoms with E-state index in [4.69, 9.17) is 4.74 Å². The number of amides is 1. The zero-order valence-corrected chi connectivity index (χ0v) is 10.3. The number of hydrogen-bond acceptors (Lipinski definition) is 5. The number of ether oxygens (including phenoxy) is 1. The third kappa shape index (κ3) is 2.86. The third-order valence-corrected chi connectivity index (χ3v) is 2.81. The highest BCUT2D eigenvalue weighted by Gasteiger charge is 2.17. The molecule has 98 valence electrons. The molecule has 2 heterocycles. The zero-order valence-electron chi connectivity index (χ0n) is 10.3. The third-order valence-electron chi connectivity index (χ3n) is 2.81. The first-order chi connectivity index (χ1) is 8.70. The molecule has 7 nitrogen and oxygen atoms in total. The van der Waals surface area contributed by atoms with Crippen molar-refractivity contribution in [2.45, 2.75) is 6.54 Å². The predicted octanol–water partition coefficient (Wildman–Crippen LogP) is -0.856. The van der Waals surface area contributed by atoms with E-state index >= 15 is 0 Å². The van der Waals surface area contributed by atoms with Crippen molar-refractivity contribution in [2.75, 3.05) is 38.7 Å². The Labute approximate surface area is 104 Å². The minimum absolute atomic E-state index is 0.0250. The van der Waals surface area contributed by atoms with Gasteiger partial charge in [-0.25, -0.2) is 4.68 Å². The van der Waals surface area contributed by atoms with E-state index < -0.39 is 0 Å². The first-order valence-electron chi connectivity index (χ1n) is 5.81. The Kier molecular flexibility index (Phi) is 3.93. The molecule has 1 saturated heterocycles. The molecule has 0 saturated carbocycles. The fourth-order valence-electron chi connectivity index (χ4n) is 1.73. The van der Waals surface area contributed by atoms with E-state index in [0.29, 0.717) is 32.0 Å². The minimum Gasteiger partial charge on any atom is -0.387 e. The number of anilines is 1. The van der Waals surface area contributed by atoms with E-state index in [-0.39, 0.29) is 18.0 Å². The molecule has 1 aromatic rings. The lowest BCUT2D eigenvalue weighted by Crippen LogP contribution is -2.43. The Bertz CT molecular complexity index is 479. The summed E-state index contributed by atoms with van der Waals surface area (Å²) in [7, 11) is 1.71. The van der Waals surface area contributed by atoms with Gasteiger partial charge in [-0.15, -0.1) is 0 Å². The summed E-state index contributed by atoms with van der Waals surface area (Å²) in [5, 5.41) is 6.77. The van der Waals surface area contributed by atoms with Gasteiger partial charge in [-0.05, 0) is 0 Å². The van der Waals surface area contributed by atoms with Crippen LogP contribution in [0.4, 0.5) is 5.69 Å². The van der Waals surface area contributed by atoms with Gasteiger partial charge in [0, 0.05) is 26.2 Å². The maximum atomic E-state index is 11.9. The first-order valence-corrected chi connectivity index (χ1v) is 5.81. The van der Waals surface area contributed by atoms with E-state index in [1.165, 1.54) is 16.9 Å². The van der Waals surface area contributed by atoms with Crippen LogP contribution in [0, 0.1) is 0 Å². The molecule has 1 aromatic heterocycles. The molecule has 0 atom stereocenters. The van der Waals surface area contributed by atoms with Crippen molar-refractivity contribution in [1.29, 1.82) is 0 Å². The first kappa shape index (κ1) is 12.6. The van der Waals surface area contributed by atoms with Gasteiger partial charge in [0.15, 0.2) is 0 Å². The number of morpholine rings is 1. The Morgan fingerprint density at radius 1 is 1.50 bits per heavy atom. The molecular formula is C11H16N4O3. The lowest BCUT2D eigenvalue weighted by atomic mass is 10.4. The van der Waals surface area contributed by atoms with Crippen LogP contribution in [0.25, 0.3) is 0 Å². The highest BCUT2D eigenvalue weighted by molar-refractivity contribution is 5.76. The molecule has 0 aliphatic carbocycles. The van der Waals surface area contributed by atoms with E-state index in [1.807, 2.05) is 0 Å². The molecule has 1 fully saturated rings. The highest BCUT2D eigenvalue weighted by Crippen LogP contribution is 2.00. The second kappa shape index (κ2) is 5.63. The fourth-order valence-corrected chi connectivity index (χ4v) is 1.73. The monoisotopic (exact) mass is 252 g/mol. The van der Waals surface area contributed by atoms with Crippen molar-refractivity contribution in [1.82, 2.24) is 14.7 Å². The van der Waals surface area contributed by atoms with Crippen LogP contribution in [0.5, 0.6) is 0 Å². The van der Waals surface area contributed by atoms with Gasteiger partial charge in [0.1, 0.15) is 6.54 Å². The number of hydrogen-bond donors (Lipinski definition) is 1. The van der Waals surface area contributed by atoms with Crippen molar-refractivity contribution in [3.8, 4) is 0 Å². The molecule has 0 spiro atoms. The molecule has 1 aliphatic heterocycles. The van der Waals surface area contributed by atoms with Gasteiger partial charge in [0.05, 0.1) is 25.1 Å². The Hall–Kier alpha value is -1.89. The summed E-state index contributed by atoms with van der Waals surface area (Å²) in [5.41, 5.74) is 0.346. The van der Waals surface area contributed by atoms with Gasteiger partial charge in [-0.3, -0.25) is 9.59 Å². The minimum atomic E-state index is -0.288. The quantitative estimate of drug-likeness (QED) is 0.758. The van der Waals surface area contributed by atoms with Crippen molar-refractivity contribution >= 4 is 11.6 Å². The SMILES string of the molecule is CNc1cnn(CC(=O)N2CCOCC2)c(=O)c1. The number of nitrogens with zero attached hydrogens (tertiary/aromatic N) is 3. The van der Waals surface area contributed by atoms with Gasteiger partial charge in [-0.2, -0.15) is 5.10 Å². The topological polar surface area (TPSA) is 76.5 Å². The van der Waals surface area contributed by atoms with E-state index in [0.717, 1.165) is 0 Å². The van der Waals surface area contributed by atoms with E-state index in [2.05, 4.69) is 10.4 Å².